The summed E-state index contributed by atoms with van der Waals surface area (Å²) in [6.07, 6.45) is 4.00. The smallest absolute Gasteiger partial charge is 0.339 e. The van der Waals surface area contributed by atoms with E-state index >= 15 is 0 Å². The molecule has 10 heteroatoms. The summed E-state index contributed by atoms with van der Waals surface area (Å²) in [4.78, 5) is 21.8. The van der Waals surface area contributed by atoms with Crippen molar-refractivity contribution < 1.29 is 28.7 Å². The number of carboxylic acids is 1. The Morgan fingerprint density at radius 3 is 2.79 bits per heavy atom. The Bertz CT molecular complexity index is 1110. The Labute approximate surface area is 163 Å². The molecule has 1 atom stereocenters. The number of halogens is 1. The maximum atomic E-state index is 14.2. The van der Waals surface area contributed by atoms with Gasteiger partial charge in [-0.15, -0.1) is 0 Å². The molecule has 0 aliphatic carbocycles. The van der Waals surface area contributed by atoms with Gasteiger partial charge in [-0.25, -0.2) is 13.9 Å². The predicted molar refractivity (Wildman–Crippen MR) is 98.7 cm³/mol. The highest BCUT2D eigenvalue weighted by Gasteiger charge is 2.22. The van der Waals surface area contributed by atoms with Crippen LogP contribution in [0.1, 0.15) is 35.8 Å². The van der Waals surface area contributed by atoms with Crippen molar-refractivity contribution in [3.63, 3.8) is 0 Å². The van der Waals surface area contributed by atoms with Crippen LogP contribution in [0.3, 0.4) is 0 Å². The number of nitro benzene ring substituents is 1. The lowest BCUT2D eigenvalue weighted by atomic mass is 10.1. The zero-order valence-electron chi connectivity index (χ0n) is 15.1. The maximum absolute atomic E-state index is 14.2. The molecule has 0 radical (unpaired) electrons. The lowest BCUT2D eigenvalue weighted by Gasteiger charge is -2.23. The van der Waals surface area contributed by atoms with Crippen molar-refractivity contribution in [2.45, 2.75) is 25.5 Å². The molecule has 0 saturated carbocycles. The van der Waals surface area contributed by atoms with Crippen molar-refractivity contribution in [3.05, 3.63) is 58.0 Å². The van der Waals surface area contributed by atoms with E-state index in [0.717, 1.165) is 31.4 Å². The molecule has 1 aliphatic heterocycles. The molecule has 0 amide bonds. The summed E-state index contributed by atoms with van der Waals surface area (Å²) in [6.45, 7) is 0.610. The van der Waals surface area contributed by atoms with Gasteiger partial charge in [0.05, 0.1) is 22.7 Å². The number of carbonyl (C=O) groups is 1. The topological polar surface area (TPSA) is 117 Å². The van der Waals surface area contributed by atoms with Gasteiger partial charge in [-0.05, 0) is 37.5 Å². The van der Waals surface area contributed by atoms with Gasteiger partial charge in [0.2, 0.25) is 0 Å². The number of fused-ring (bicyclic) bond motifs is 1. The molecule has 1 aliphatic rings. The lowest BCUT2D eigenvalue weighted by Crippen LogP contribution is -2.19. The highest BCUT2D eigenvalue weighted by atomic mass is 19.1. The normalized spacial score (nSPS) is 16.7. The van der Waals surface area contributed by atoms with Crippen molar-refractivity contribution in [3.8, 4) is 11.5 Å². The zero-order chi connectivity index (χ0) is 20.5. The number of hydrogen-bond donors (Lipinski definition) is 1. The van der Waals surface area contributed by atoms with E-state index in [4.69, 9.17) is 9.47 Å². The minimum atomic E-state index is -1.26. The van der Waals surface area contributed by atoms with Gasteiger partial charge in [0.15, 0.2) is 17.8 Å². The van der Waals surface area contributed by atoms with Gasteiger partial charge in [0, 0.05) is 18.1 Å². The summed E-state index contributed by atoms with van der Waals surface area (Å²) in [7, 11) is 0. The third-order valence-electron chi connectivity index (χ3n) is 4.70. The highest BCUT2D eigenvalue weighted by molar-refractivity contribution is 5.96. The van der Waals surface area contributed by atoms with Gasteiger partial charge < -0.3 is 14.6 Å². The number of nitrogens with zero attached hydrogens (tertiary/aromatic N) is 3. The Morgan fingerprint density at radius 1 is 1.31 bits per heavy atom. The number of non-ortho nitro benzene ring substituents is 1. The fourth-order valence-electron chi connectivity index (χ4n) is 3.27. The highest BCUT2D eigenvalue weighted by Crippen LogP contribution is 2.34. The van der Waals surface area contributed by atoms with Gasteiger partial charge in [0.25, 0.3) is 5.69 Å². The second-order valence-corrected chi connectivity index (χ2v) is 6.60. The van der Waals surface area contributed by atoms with Crippen molar-refractivity contribution in [2.75, 3.05) is 6.61 Å². The molecule has 0 spiro atoms. The summed E-state index contributed by atoms with van der Waals surface area (Å²) in [5.41, 5.74) is -0.0591. The molecule has 9 nitrogen and oxygen atoms in total. The first kappa shape index (κ1) is 18.8. The molecule has 1 fully saturated rings. The van der Waals surface area contributed by atoms with Gasteiger partial charge >= 0.3 is 5.97 Å². The van der Waals surface area contributed by atoms with E-state index in [2.05, 4.69) is 5.10 Å². The fraction of sp³-hybridized carbons (Fsp3) is 0.263. The minimum Gasteiger partial charge on any atom is -0.478 e. The number of ether oxygens (including phenoxy) is 2. The van der Waals surface area contributed by atoms with E-state index in [9.17, 15) is 24.4 Å². The Kier molecular flexibility index (Phi) is 4.85. The van der Waals surface area contributed by atoms with E-state index in [1.54, 1.807) is 10.9 Å². The minimum absolute atomic E-state index is 0.0955. The molecular formula is C19H16FN3O6. The zero-order valence-corrected chi connectivity index (χ0v) is 15.1. The molecular weight excluding hydrogens is 385 g/mol. The average molecular weight is 401 g/mol. The lowest BCUT2D eigenvalue weighted by molar-refractivity contribution is -0.385. The quantitative estimate of drug-likeness (QED) is 0.501. The van der Waals surface area contributed by atoms with Crippen molar-refractivity contribution >= 4 is 22.6 Å². The fourth-order valence-corrected chi connectivity index (χ4v) is 3.27. The van der Waals surface area contributed by atoms with E-state index in [-0.39, 0.29) is 23.3 Å². The molecule has 3 aromatic rings. The second-order valence-electron chi connectivity index (χ2n) is 6.60. The standard InChI is InChI=1S/C19H16FN3O6/c20-14-8-12(23(26)27)4-5-16(14)29-17-7-11-10-21-22(18-3-1-2-6-28-18)15(11)9-13(17)19(24)25/h4-5,7-10,18H,1-3,6H2,(H,24,25). The molecule has 2 heterocycles. The Hall–Kier alpha value is -3.53. The number of rotatable bonds is 5. The van der Waals surface area contributed by atoms with Crippen LogP contribution in [0.4, 0.5) is 10.1 Å². The number of benzene rings is 2. The van der Waals surface area contributed by atoms with Crippen molar-refractivity contribution in [1.29, 1.82) is 0 Å². The van der Waals surface area contributed by atoms with Crippen LogP contribution in [0.15, 0.2) is 36.5 Å². The number of aromatic carboxylic acids is 1. The van der Waals surface area contributed by atoms with Crippen LogP contribution in [0.5, 0.6) is 11.5 Å². The SMILES string of the molecule is O=C(O)c1cc2c(cnn2C2CCCCO2)cc1Oc1ccc([N+](=O)[O-])cc1F. The molecule has 2 aromatic carbocycles. The van der Waals surface area contributed by atoms with Crippen LogP contribution in [-0.4, -0.2) is 32.4 Å². The van der Waals surface area contributed by atoms with Crippen LogP contribution >= 0.6 is 0 Å². The van der Waals surface area contributed by atoms with Gasteiger partial charge in [-0.2, -0.15) is 5.10 Å². The molecule has 1 saturated heterocycles. The first-order valence-electron chi connectivity index (χ1n) is 8.92. The summed E-state index contributed by atoms with van der Waals surface area (Å²) in [6, 6.07) is 5.73. The van der Waals surface area contributed by atoms with Crippen molar-refractivity contribution in [1.82, 2.24) is 9.78 Å². The number of hydrogen-bond acceptors (Lipinski definition) is 6. The van der Waals surface area contributed by atoms with E-state index in [1.807, 2.05) is 0 Å². The second kappa shape index (κ2) is 7.47. The van der Waals surface area contributed by atoms with Gasteiger partial charge in [-0.3, -0.25) is 10.1 Å². The van der Waals surface area contributed by atoms with Crippen LogP contribution in [0.2, 0.25) is 0 Å². The maximum Gasteiger partial charge on any atom is 0.339 e. The Morgan fingerprint density at radius 2 is 2.14 bits per heavy atom. The van der Waals surface area contributed by atoms with Crippen LogP contribution in [-0.2, 0) is 4.74 Å². The summed E-state index contributed by atoms with van der Waals surface area (Å²) in [5.74, 6) is -2.65. The Balaban J connectivity index is 1.73. The third-order valence-corrected chi connectivity index (χ3v) is 4.70. The molecule has 29 heavy (non-hydrogen) atoms. The van der Waals surface area contributed by atoms with Gasteiger partial charge in [-0.1, -0.05) is 0 Å². The summed E-state index contributed by atoms with van der Waals surface area (Å²) in [5, 5.41) is 25.3. The van der Waals surface area contributed by atoms with Gasteiger partial charge in [0.1, 0.15) is 11.3 Å². The number of carboxylic acid groups (broad SMARTS) is 1. The van der Waals surface area contributed by atoms with Crippen molar-refractivity contribution in [2.24, 2.45) is 0 Å². The molecule has 1 aromatic heterocycles. The van der Waals surface area contributed by atoms with E-state index < -0.39 is 22.4 Å². The van der Waals surface area contributed by atoms with Crippen LogP contribution < -0.4 is 4.74 Å². The van der Waals surface area contributed by atoms with Crippen LogP contribution in [0, 0.1) is 15.9 Å². The third kappa shape index (κ3) is 3.61. The molecule has 4 rings (SSSR count). The van der Waals surface area contributed by atoms with E-state index in [1.165, 1.54) is 12.1 Å². The number of aromatic nitrogens is 2. The molecule has 150 valence electrons. The molecule has 1 N–H and O–H groups in total. The molecule has 1 unspecified atom stereocenters. The summed E-state index contributed by atoms with van der Waals surface area (Å²) >= 11 is 0. The van der Waals surface area contributed by atoms with E-state index in [0.29, 0.717) is 23.6 Å². The summed E-state index contributed by atoms with van der Waals surface area (Å²) < 4.78 is 27.0. The predicted octanol–water partition coefficient (Wildman–Crippen LogP) is 4.27. The monoisotopic (exact) mass is 401 g/mol. The number of nitro groups is 1. The average Bonchev–Trinajstić information content (AvgIpc) is 3.12. The first-order chi connectivity index (χ1) is 13.9. The first-order valence-corrected chi connectivity index (χ1v) is 8.92. The molecule has 0 bridgehead atoms. The largest absolute Gasteiger partial charge is 0.478 e. The van der Waals surface area contributed by atoms with Crippen LogP contribution in [0.25, 0.3) is 10.9 Å².